The molecular formula is C31H35N5O5. The number of morpholine rings is 1. The number of nitrogens with zero attached hydrogens (tertiary/aromatic N) is 4. The highest BCUT2D eigenvalue weighted by molar-refractivity contribution is 5.92. The van der Waals surface area contributed by atoms with Crippen LogP contribution in [-0.4, -0.2) is 70.3 Å². The number of hydrogen-bond donors (Lipinski definition) is 3. The third-order valence-corrected chi connectivity index (χ3v) is 7.00. The predicted octanol–water partition coefficient (Wildman–Crippen LogP) is 4.25. The van der Waals surface area contributed by atoms with Gasteiger partial charge in [-0.1, -0.05) is 44.2 Å². The molecule has 3 aromatic carbocycles. The van der Waals surface area contributed by atoms with E-state index in [4.69, 9.17) is 9.47 Å². The molecule has 10 heteroatoms. The highest BCUT2D eigenvalue weighted by Gasteiger charge is 2.24. The number of carbonyl (C=O) groups is 1. The number of aromatic nitrogens is 3. The first-order chi connectivity index (χ1) is 19.9. The minimum atomic E-state index is -0.424. The number of rotatable bonds is 10. The number of aromatic hydroxyl groups is 2. The fourth-order valence-corrected chi connectivity index (χ4v) is 4.80. The van der Waals surface area contributed by atoms with Crippen molar-refractivity contribution in [3.05, 3.63) is 83.7 Å². The van der Waals surface area contributed by atoms with Gasteiger partial charge in [0.1, 0.15) is 11.5 Å². The van der Waals surface area contributed by atoms with Crippen LogP contribution in [0.25, 0.3) is 17.1 Å². The van der Waals surface area contributed by atoms with E-state index in [9.17, 15) is 15.0 Å². The lowest BCUT2D eigenvalue weighted by molar-refractivity contribution is 0.0889. The van der Waals surface area contributed by atoms with Crippen molar-refractivity contribution in [2.45, 2.75) is 26.4 Å². The van der Waals surface area contributed by atoms with Crippen molar-refractivity contribution in [2.24, 2.45) is 0 Å². The van der Waals surface area contributed by atoms with Gasteiger partial charge in [0.25, 0.3) is 5.91 Å². The van der Waals surface area contributed by atoms with E-state index in [2.05, 4.69) is 20.4 Å². The lowest BCUT2D eigenvalue weighted by Gasteiger charge is -2.29. The minimum Gasteiger partial charge on any atom is -0.508 e. The van der Waals surface area contributed by atoms with Crippen LogP contribution in [0.2, 0.25) is 0 Å². The van der Waals surface area contributed by atoms with Crippen LogP contribution in [0, 0.1) is 0 Å². The number of benzene rings is 3. The third kappa shape index (κ3) is 6.50. The van der Waals surface area contributed by atoms with Crippen molar-refractivity contribution in [1.29, 1.82) is 0 Å². The second kappa shape index (κ2) is 12.8. The molecule has 2 heterocycles. The van der Waals surface area contributed by atoms with Crippen molar-refractivity contribution in [3.63, 3.8) is 0 Å². The van der Waals surface area contributed by atoms with Crippen LogP contribution in [0.4, 0.5) is 5.69 Å². The van der Waals surface area contributed by atoms with Crippen LogP contribution < -0.4 is 10.2 Å². The first-order valence-corrected chi connectivity index (χ1v) is 13.8. The maximum Gasteiger partial charge on any atom is 0.289 e. The number of carbonyl (C=O) groups excluding carboxylic acids is 1. The summed E-state index contributed by atoms with van der Waals surface area (Å²) in [6.45, 7) is 7.91. The molecule has 0 spiro atoms. The van der Waals surface area contributed by atoms with E-state index >= 15 is 0 Å². The summed E-state index contributed by atoms with van der Waals surface area (Å²) in [6, 6.07) is 20.6. The van der Waals surface area contributed by atoms with Gasteiger partial charge in [0.2, 0.25) is 5.82 Å². The van der Waals surface area contributed by atoms with Gasteiger partial charge in [-0.3, -0.25) is 9.36 Å². The van der Waals surface area contributed by atoms with E-state index in [0.717, 1.165) is 24.3 Å². The van der Waals surface area contributed by atoms with E-state index < -0.39 is 5.91 Å². The average Bonchev–Trinajstić information content (AvgIpc) is 3.43. The summed E-state index contributed by atoms with van der Waals surface area (Å²) in [6.07, 6.45) is 0. The summed E-state index contributed by atoms with van der Waals surface area (Å²) < 4.78 is 12.8. The van der Waals surface area contributed by atoms with Gasteiger partial charge in [0, 0.05) is 37.1 Å². The van der Waals surface area contributed by atoms with Crippen LogP contribution in [0.5, 0.6) is 11.5 Å². The fraction of sp³-hybridized carbons (Fsp3) is 0.323. The van der Waals surface area contributed by atoms with Crippen LogP contribution in [0.3, 0.4) is 0 Å². The number of phenols is 2. The fourth-order valence-electron chi connectivity index (χ4n) is 4.80. The zero-order valence-electron chi connectivity index (χ0n) is 23.3. The maximum absolute atomic E-state index is 13.3. The molecule has 0 bridgehead atoms. The number of anilines is 1. The van der Waals surface area contributed by atoms with Gasteiger partial charge in [-0.2, -0.15) is 0 Å². The number of phenolic OH excluding ortho intramolecular Hbond substituents is 2. The number of nitrogens with one attached hydrogen (secondary N) is 1. The number of amides is 1. The molecule has 41 heavy (non-hydrogen) atoms. The second-order valence-electron chi connectivity index (χ2n) is 10.2. The van der Waals surface area contributed by atoms with E-state index in [1.807, 2.05) is 68.4 Å². The van der Waals surface area contributed by atoms with Crippen molar-refractivity contribution in [2.75, 3.05) is 44.4 Å². The topological polar surface area (TPSA) is 122 Å². The Morgan fingerprint density at radius 2 is 1.68 bits per heavy atom. The van der Waals surface area contributed by atoms with Gasteiger partial charge in [0.05, 0.1) is 32.0 Å². The van der Waals surface area contributed by atoms with Gasteiger partial charge in [-0.15, -0.1) is 10.2 Å². The summed E-state index contributed by atoms with van der Waals surface area (Å²) in [5.74, 6) is -0.235. The maximum atomic E-state index is 13.3. The lowest BCUT2D eigenvalue weighted by Crippen LogP contribution is -2.36. The zero-order chi connectivity index (χ0) is 28.8. The van der Waals surface area contributed by atoms with Crippen molar-refractivity contribution < 1.29 is 24.5 Å². The van der Waals surface area contributed by atoms with E-state index in [1.54, 1.807) is 10.6 Å². The molecule has 10 nitrogen and oxygen atoms in total. The summed E-state index contributed by atoms with van der Waals surface area (Å²) in [5.41, 5.74) is 3.77. The zero-order valence-corrected chi connectivity index (χ0v) is 23.3. The Hall–Kier alpha value is -4.41. The standard InChI is InChI=1S/C31H35N5O5/c1-21(2)25-18-26(28(38)19-27(25)37)29-33-34-30(31(39)32-12-15-41-20-22-6-4-3-5-7-22)36(29)24-10-8-23(9-11-24)35-13-16-40-17-14-35/h3-11,18-19,21,37-38H,12-17,20H2,1-2H3,(H,32,39). The molecule has 1 amide bonds. The minimum absolute atomic E-state index is 0.00261. The molecule has 1 saturated heterocycles. The first-order valence-electron chi connectivity index (χ1n) is 13.8. The molecule has 3 N–H and O–H groups in total. The van der Waals surface area contributed by atoms with Gasteiger partial charge < -0.3 is 29.9 Å². The SMILES string of the molecule is CC(C)c1cc(-c2nnc(C(=O)NCCOCc3ccccc3)n2-c2ccc(N3CCOCC3)cc2)c(O)cc1O. The summed E-state index contributed by atoms with van der Waals surface area (Å²) in [5, 5.41) is 32.6. The summed E-state index contributed by atoms with van der Waals surface area (Å²) in [7, 11) is 0. The molecule has 1 aliphatic heterocycles. The van der Waals surface area contributed by atoms with E-state index in [1.165, 1.54) is 6.07 Å². The normalized spacial score (nSPS) is 13.5. The van der Waals surface area contributed by atoms with Gasteiger partial charge >= 0.3 is 0 Å². The molecule has 0 aliphatic carbocycles. The Morgan fingerprint density at radius 1 is 0.976 bits per heavy atom. The Kier molecular flexibility index (Phi) is 8.81. The molecule has 1 aliphatic rings. The van der Waals surface area contributed by atoms with Crippen molar-refractivity contribution in [1.82, 2.24) is 20.1 Å². The molecule has 0 unspecified atom stereocenters. The Labute approximate surface area is 239 Å². The number of ether oxygens (including phenoxy) is 2. The monoisotopic (exact) mass is 557 g/mol. The van der Waals surface area contributed by atoms with E-state index in [-0.39, 0.29) is 35.6 Å². The first kappa shape index (κ1) is 28.1. The van der Waals surface area contributed by atoms with Crippen LogP contribution >= 0.6 is 0 Å². The second-order valence-corrected chi connectivity index (χ2v) is 10.2. The highest BCUT2D eigenvalue weighted by atomic mass is 16.5. The Morgan fingerprint density at radius 3 is 2.39 bits per heavy atom. The molecule has 0 radical (unpaired) electrons. The third-order valence-electron chi connectivity index (χ3n) is 7.00. The quantitative estimate of drug-likeness (QED) is 0.248. The number of hydrogen-bond acceptors (Lipinski definition) is 8. The molecule has 214 valence electrons. The summed E-state index contributed by atoms with van der Waals surface area (Å²) in [4.78, 5) is 15.6. The van der Waals surface area contributed by atoms with E-state index in [0.29, 0.717) is 43.2 Å². The smallest absolute Gasteiger partial charge is 0.289 e. The Balaban J connectivity index is 1.42. The largest absolute Gasteiger partial charge is 0.508 e. The molecule has 1 aromatic heterocycles. The van der Waals surface area contributed by atoms with Gasteiger partial charge in [0.15, 0.2) is 5.82 Å². The van der Waals surface area contributed by atoms with Gasteiger partial charge in [-0.25, -0.2) is 0 Å². The van der Waals surface area contributed by atoms with Crippen molar-refractivity contribution >= 4 is 11.6 Å². The molecule has 0 saturated carbocycles. The molecule has 0 atom stereocenters. The van der Waals surface area contributed by atoms with Gasteiger partial charge in [-0.05, 0) is 47.4 Å². The molecule has 5 rings (SSSR count). The highest BCUT2D eigenvalue weighted by Crippen LogP contribution is 2.38. The molecule has 1 fully saturated rings. The lowest BCUT2D eigenvalue weighted by atomic mass is 9.98. The predicted molar refractivity (Wildman–Crippen MR) is 156 cm³/mol. The van der Waals surface area contributed by atoms with Crippen LogP contribution in [0.15, 0.2) is 66.7 Å². The van der Waals surface area contributed by atoms with Crippen LogP contribution in [0.1, 0.15) is 41.5 Å². The molecular weight excluding hydrogens is 522 g/mol. The van der Waals surface area contributed by atoms with Crippen LogP contribution in [-0.2, 0) is 16.1 Å². The van der Waals surface area contributed by atoms with Crippen molar-refractivity contribution in [3.8, 4) is 28.6 Å². The Bertz CT molecular complexity index is 1460. The summed E-state index contributed by atoms with van der Waals surface area (Å²) >= 11 is 0. The molecule has 4 aromatic rings. The average molecular weight is 558 g/mol.